The zero-order valence-electron chi connectivity index (χ0n) is 12.9. The van der Waals surface area contributed by atoms with Crippen molar-refractivity contribution >= 4 is 5.91 Å². The van der Waals surface area contributed by atoms with E-state index >= 15 is 0 Å². The van der Waals surface area contributed by atoms with Gasteiger partial charge in [0.1, 0.15) is 12.4 Å². The van der Waals surface area contributed by atoms with Crippen LogP contribution in [0.25, 0.3) is 0 Å². The molecule has 0 heterocycles. The molecule has 7 heteroatoms. The molecule has 23 heavy (non-hydrogen) atoms. The van der Waals surface area contributed by atoms with Gasteiger partial charge >= 0.3 is 6.18 Å². The summed E-state index contributed by atoms with van der Waals surface area (Å²) in [6, 6.07) is 4.70. The van der Waals surface area contributed by atoms with Crippen LogP contribution in [-0.4, -0.2) is 24.6 Å². The molecule has 1 aliphatic carbocycles. The molecule has 1 amide bonds. The number of carbonyl (C=O) groups excluding carboxylic acids is 1. The second-order valence-electron chi connectivity index (χ2n) is 5.98. The van der Waals surface area contributed by atoms with E-state index in [-0.39, 0.29) is 36.3 Å². The van der Waals surface area contributed by atoms with Gasteiger partial charge in [-0.3, -0.25) is 4.79 Å². The van der Waals surface area contributed by atoms with Crippen molar-refractivity contribution in [2.75, 3.05) is 6.61 Å². The van der Waals surface area contributed by atoms with Crippen LogP contribution in [0.5, 0.6) is 5.75 Å². The van der Waals surface area contributed by atoms with E-state index in [0.29, 0.717) is 6.42 Å². The molecule has 0 spiro atoms. The monoisotopic (exact) mass is 330 g/mol. The first-order valence-electron chi connectivity index (χ1n) is 7.62. The highest BCUT2D eigenvalue weighted by molar-refractivity contribution is 5.79. The predicted molar refractivity (Wildman–Crippen MR) is 79.9 cm³/mol. The van der Waals surface area contributed by atoms with Crippen molar-refractivity contribution in [3.8, 4) is 5.75 Å². The minimum atomic E-state index is -4.47. The molecule has 1 fully saturated rings. The first kappa shape index (κ1) is 17.6. The van der Waals surface area contributed by atoms with E-state index in [1.807, 2.05) is 0 Å². The Morgan fingerprint density at radius 3 is 2.70 bits per heavy atom. The molecule has 3 unspecified atom stereocenters. The summed E-state index contributed by atoms with van der Waals surface area (Å²) >= 11 is 0. The van der Waals surface area contributed by atoms with E-state index < -0.39 is 11.7 Å². The van der Waals surface area contributed by atoms with Crippen molar-refractivity contribution in [2.45, 2.75) is 44.4 Å². The number of amides is 1. The molecule has 0 aromatic heterocycles. The Kier molecular flexibility index (Phi) is 5.51. The maximum atomic E-state index is 12.9. The topological polar surface area (TPSA) is 64.3 Å². The lowest BCUT2D eigenvalue weighted by molar-refractivity contribution is -0.139. The number of nitrogens with two attached hydrogens (primary N) is 1. The largest absolute Gasteiger partial charge is 0.491 e. The molecule has 2 rings (SSSR count). The SMILES string of the molecule is CC(COc1ccccc1C(F)(F)F)NC(=O)C1CCC(N)C1. The van der Waals surface area contributed by atoms with Crippen LogP contribution in [0.3, 0.4) is 0 Å². The van der Waals surface area contributed by atoms with Crippen molar-refractivity contribution in [1.29, 1.82) is 0 Å². The molecular formula is C16H21F3N2O2. The van der Waals surface area contributed by atoms with Crippen molar-refractivity contribution in [3.05, 3.63) is 29.8 Å². The first-order valence-corrected chi connectivity index (χ1v) is 7.62. The van der Waals surface area contributed by atoms with E-state index in [0.717, 1.165) is 18.9 Å². The van der Waals surface area contributed by atoms with Gasteiger partial charge in [-0.2, -0.15) is 13.2 Å². The molecule has 128 valence electrons. The summed E-state index contributed by atoms with van der Waals surface area (Å²) < 4.78 is 43.8. The zero-order valence-corrected chi connectivity index (χ0v) is 12.9. The Balaban J connectivity index is 1.87. The number of ether oxygens (including phenoxy) is 1. The van der Waals surface area contributed by atoms with Gasteiger partial charge in [0, 0.05) is 12.0 Å². The van der Waals surface area contributed by atoms with Crippen molar-refractivity contribution in [1.82, 2.24) is 5.32 Å². The van der Waals surface area contributed by atoms with E-state index in [2.05, 4.69) is 5.32 Å². The molecule has 1 aromatic carbocycles. The highest BCUT2D eigenvalue weighted by atomic mass is 19.4. The number of hydrogen-bond acceptors (Lipinski definition) is 3. The normalized spacial score (nSPS) is 22.7. The average Bonchev–Trinajstić information content (AvgIpc) is 2.91. The second kappa shape index (κ2) is 7.21. The number of nitrogens with one attached hydrogen (secondary N) is 1. The number of carbonyl (C=O) groups is 1. The Labute approximate surface area is 133 Å². The lowest BCUT2D eigenvalue weighted by atomic mass is 10.1. The van der Waals surface area contributed by atoms with Gasteiger partial charge in [0.05, 0.1) is 11.6 Å². The van der Waals surface area contributed by atoms with Crippen molar-refractivity contribution in [3.63, 3.8) is 0 Å². The lowest BCUT2D eigenvalue weighted by Crippen LogP contribution is -2.40. The van der Waals surface area contributed by atoms with Gasteiger partial charge in [-0.05, 0) is 38.3 Å². The highest BCUT2D eigenvalue weighted by Gasteiger charge is 2.34. The molecule has 3 atom stereocenters. The summed E-state index contributed by atoms with van der Waals surface area (Å²) in [7, 11) is 0. The Hall–Kier alpha value is -1.76. The van der Waals surface area contributed by atoms with E-state index in [4.69, 9.17) is 10.5 Å². The van der Waals surface area contributed by atoms with Crippen LogP contribution in [0.15, 0.2) is 24.3 Å². The summed E-state index contributed by atoms with van der Waals surface area (Å²) in [6.07, 6.45) is -2.25. The van der Waals surface area contributed by atoms with Crippen LogP contribution >= 0.6 is 0 Å². The van der Waals surface area contributed by atoms with Crippen LogP contribution < -0.4 is 15.8 Å². The highest BCUT2D eigenvalue weighted by Crippen LogP contribution is 2.35. The van der Waals surface area contributed by atoms with E-state index in [1.165, 1.54) is 18.2 Å². The van der Waals surface area contributed by atoms with E-state index in [9.17, 15) is 18.0 Å². The van der Waals surface area contributed by atoms with Gasteiger partial charge in [0.15, 0.2) is 0 Å². The summed E-state index contributed by atoms with van der Waals surface area (Å²) in [4.78, 5) is 12.0. The van der Waals surface area contributed by atoms with Gasteiger partial charge < -0.3 is 15.8 Å². The second-order valence-corrected chi connectivity index (χ2v) is 5.98. The molecule has 0 saturated heterocycles. The number of benzene rings is 1. The van der Waals surface area contributed by atoms with Crippen LogP contribution in [0.2, 0.25) is 0 Å². The van der Waals surface area contributed by atoms with Crippen LogP contribution in [0, 0.1) is 5.92 Å². The molecule has 3 N–H and O–H groups in total. The van der Waals surface area contributed by atoms with Gasteiger partial charge in [0.25, 0.3) is 0 Å². The quantitative estimate of drug-likeness (QED) is 0.872. The molecule has 0 radical (unpaired) electrons. The zero-order chi connectivity index (χ0) is 17.0. The maximum Gasteiger partial charge on any atom is 0.419 e. The lowest BCUT2D eigenvalue weighted by Gasteiger charge is -2.19. The molecule has 0 aliphatic heterocycles. The number of alkyl halides is 3. The van der Waals surface area contributed by atoms with Gasteiger partial charge in [0.2, 0.25) is 5.91 Å². The van der Waals surface area contributed by atoms with Gasteiger partial charge in [-0.1, -0.05) is 12.1 Å². The Morgan fingerprint density at radius 2 is 2.09 bits per heavy atom. The number of para-hydroxylation sites is 1. The van der Waals surface area contributed by atoms with Gasteiger partial charge in [-0.15, -0.1) is 0 Å². The minimum Gasteiger partial charge on any atom is -0.491 e. The summed E-state index contributed by atoms with van der Waals surface area (Å²) in [5.41, 5.74) is 4.96. The van der Waals surface area contributed by atoms with Crippen LogP contribution in [0.4, 0.5) is 13.2 Å². The third kappa shape index (κ3) is 4.86. The Morgan fingerprint density at radius 1 is 1.39 bits per heavy atom. The number of rotatable bonds is 5. The predicted octanol–water partition coefficient (Wildman–Crippen LogP) is 2.72. The Bertz CT molecular complexity index is 548. The minimum absolute atomic E-state index is 0.0302. The van der Waals surface area contributed by atoms with Crippen LogP contribution in [0.1, 0.15) is 31.7 Å². The number of hydrogen-bond donors (Lipinski definition) is 2. The van der Waals surface area contributed by atoms with Crippen LogP contribution in [-0.2, 0) is 11.0 Å². The smallest absolute Gasteiger partial charge is 0.419 e. The fraction of sp³-hybridized carbons (Fsp3) is 0.562. The fourth-order valence-corrected chi connectivity index (χ4v) is 2.70. The summed E-state index contributed by atoms with van der Waals surface area (Å²) in [5.74, 6) is -0.461. The molecule has 4 nitrogen and oxygen atoms in total. The van der Waals surface area contributed by atoms with Gasteiger partial charge in [-0.25, -0.2) is 0 Å². The third-order valence-corrected chi connectivity index (χ3v) is 3.91. The summed E-state index contributed by atoms with van der Waals surface area (Å²) in [5, 5.41) is 2.77. The van der Waals surface area contributed by atoms with E-state index in [1.54, 1.807) is 6.92 Å². The number of halogens is 3. The standard InChI is InChI=1S/C16H21F3N2O2/c1-10(21-15(22)11-6-7-12(20)8-11)9-23-14-5-3-2-4-13(14)16(17,18)19/h2-5,10-12H,6-9,20H2,1H3,(H,21,22). The fourth-order valence-electron chi connectivity index (χ4n) is 2.70. The summed E-state index contributed by atoms with van der Waals surface area (Å²) in [6.45, 7) is 1.67. The molecule has 1 aromatic rings. The molecule has 1 saturated carbocycles. The molecule has 1 aliphatic rings. The third-order valence-electron chi connectivity index (χ3n) is 3.91. The average molecular weight is 330 g/mol. The van der Waals surface area contributed by atoms with Crippen molar-refractivity contribution < 1.29 is 22.7 Å². The molecular weight excluding hydrogens is 309 g/mol. The first-order chi connectivity index (χ1) is 10.8. The molecule has 0 bridgehead atoms. The van der Waals surface area contributed by atoms with Crippen molar-refractivity contribution in [2.24, 2.45) is 11.7 Å². The maximum absolute atomic E-state index is 12.9.